The summed E-state index contributed by atoms with van der Waals surface area (Å²) in [7, 11) is -4.12. The Labute approximate surface area is 215 Å². The maximum Gasteiger partial charge on any atom is 0.339 e. The summed E-state index contributed by atoms with van der Waals surface area (Å²) < 4.78 is 37.1. The smallest absolute Gasteiger partial charge is 0.339 e. The van der Waals surface area contributed by atoms with Gasteiger partial charge in [0.15, 0.2) is 17.3 Å². The molecule has 0 radical (unpaired) electrons. The number of aliphatic imine (C=N–C) groups is 1. The third-order valence-electron chi connectivity index (χ3n) is 4.94. The maximum atomic E-state index is 12.8. The molecule has 0 aliphatic carbocycles. The fourth-order valence-corrected chi connectivity index (χ4v) is 5.65. The van der Waals surface area contributed by atoms with E-state index >= 15 is 0 Å². The molecule has 4 rings (SSSR count). The number of thioether (sulfide) groups is 1. The van der Waals surface area contributed by atoms with Gasteiger partial charge in [0.2, 0.25) is 5.17 Å². The fraction of sp³-hybridized carbons (Fsp3) is 0.217. The lowest BCUT2D eigenvalue weighted by molar-refractivity contribution is -0.114. The second kappa shape index (κ2) is 9.96. The van der Waals surface area contributed by atoms with Gasteiger partial charge in [0.25, 0.3) is 5.91 Å². The van der Waals surface area contributed by atoms with E-state index in [0.29, 0.717) is 21.6 Å². The van der Waals surface area contributed by atoms with Gasteiger partial charge >= 0.3 is 10.1 Å². The lowest BCUT2D eigenvalue weighted by Crippen LogP contribution is -2.35. The summed E-state index contributed by atoms with van der Waals surface area (Å²) in [4.78, 5) is 16.7. The van der Waals surface area contributed by atoms with Crippen LogP contribution in [0.2, 0.25) is 0 Å². The number of hydrogen-bond acceptors (Lipinski definition) is 8. The number of benzene rings is 2. The van der Waals surface area contributed by atoms with Crippen molar-refractivity contribution < 1.29 is 22.1 Å². The summed E-state index contributed by atoms with van der Waals surface area (Å²) in [5.74, 6) is -0.510. The number of halogens is 1. The molecule has 2 aliphatic heterocycles. The first-order valence-electron chi connectivity index (χ1n) is 10.6. The largest absolute Gasteiger partial charge is 0.490 e. The molecule has 0 saturated heterocycles. The summed E-state index contributed by atoms with van der Waals surface area (Å²) in [6.45, 7) is 5.79. The molecular weight excluding hydrogens is 556 g/mol. The summed E-state index contributed by atoms with van der Waals surface area (Å²) in [5, 5.41) is 15.3. The zero-order chi connectivity index (χ0) is 25.3. The van der Waals surface area contributed by atoms with E-state index < -0.39 is 16.0 Å². The highest BCUT2D eigenvalue weighted by Gasteiger charge is 2.35. The number of rotatable bonds is 7. The van der Waals surface area contributed by atoms with E-state index in [9.17, 15) is 13.2 Å². The molecular formula is C23H21BrN4O5S2. The molecule has 9 nitrogen and oxygen atoms in total. The van der Waals surface area contributed by atoms with Gasteiger partial charge in [-0.3, -0.25) is 10.2 Å². The number of nitrogens with zero attached hydrogens (tertiary/aromatic N) is 3. The van der Waals surface area contributed by atoms with Gasteiger partial charge in [0.1, 0.15) is 9.94 Å². The molecule has 35 heavy (non-hydrogen) atoms. The Morgan fingerprint density at radius 2 is 1.91 bits per heavy atom. The minimum Gasteiger partial charge on any atom is -0.490 e. The second-order valence-electron chi connectivity index (χ2n) is 7.48. The van der Waals surface area contributed by atoms with Gasteiger partial charge in [0.05, 0.1) is 16.7 Å². The van der Waals surface area contributed by atoms with Crippen molar-refractivity contribution in [2.24, 2.45) is 10.1 Å². The molecule has 2 aromatic rings. The second-order valence-corrected chi connectivity index (χ2v) is 10.9. The fourth-order valence-electron chi connectivity index (χ4n) is 3.22. The molecule has 0 saturated carbocycles. The molecule has 2 heterocycles. The Bertz CT molecular complexity index is 1420. The molecule has 12 heteroatoms. The monoisotopic (exact) mass is 576 g/mol. The Morgan fingerprint density at radius 1 is 1.20 bits per heavy atom. The van der Waals surface area contributed by atoms with Gasteiger partial charge < -0.3 is 8.92 Å². The Morgan fingerprint density at radius 3 is 2.57 bits per heavy atom. The number of amidine groups is 2. The highest BCUT2D eigenvalue weighted by atomic mass is 79.9. The number of carbonyl (C=O) groups excluding carboxylic acids is 1. The normalized spacial score (nSPS) is 16.8. The Kier molecular flexibility index (Phi) is 7.15. The number of aryl methyl sites for hydroxylation is 1. The molecule has 1 N–H and O–H groups in total. The molecule has 0 spiro atoms. The van der Waals surface area contributed by atoms with Crippen molar-refractivity contribution in [3.05, 3.63) is 57.6 Å². The van der Waals surface area contributed by atoms with Crippen LogP contribution in [0.4, 0.5) is 0 Å². The average molecular weight is 577 g/mol. The number of carbonyl (C=O) groups is 1. The first-order chi connectivity index (χ1) is 16.6. The van der Waals surface area contributed by atoms with Crippen molar-refractivity contribution >= 4 is 65.8 Å². The predicted octanol–water partition coefficient (Wildman–Crippen LogP) is 4.95. The van der Waals surface area contributed by atoms with E-state index in [1.165, 1.54) is 35.0 Å². The van der Waals surface area contributed by atoms with E-state index in [1.807, 2.05) is 13.8 Å². The number of ether oxygens (including phenoxy) is 1. The van der Waals surface area contributed by atoms with Crippen molar-refractivity contribution in [1.29, 1.82) is 5.41 Å². The standard InChI is InChI=1S/C23H21BrN4O5S2/c1-4-19-27-28-21(25)16(22(29)26-23(28)34-19)10-14-11-17(24)20(18(12-14)32-5-2)33-35(30,31)15-8-6-13(3)7-9-15/h6-12,25H,4-5H2,1-3H3/b16-10+,25-21?. The zero-order valence-electron chi connectivity index (χ0n) is 19.0. The third kappa shape index (κ3) is 5.19. The topological polar surface area (TPSA) is 121 Å². The number of fused-ring (bicyclic) bond motifs is 1. The lowest BCUT2D eigenvalue weighted by Gasteiger charge is -2.20. The number of hydrazone groups is 1. The first-order valence-corrected chi connectivity index (χ1v) is 13.6. The van der Waals surface area contributed by atoms with Crippen molar-refractivity contribution in [3.8, 4) is 11.5 Å². The highest BCUT2D eigenvalue weighted by Crippen LogP contribution is 2.40. The number of amides is 1. The van der Waals surface area contributed by atoms with E-state index in [1.54, 1.807) is 31.2 Å². The quantitative estimate of drug-likeness (QED) is 0.365. The summed E-state index contributed by atoms with van der Waals surface area (Å²) in [5.41, 5.74) is 1.45. The number of hydrogen-bond donors (Lipinski definition) is 1. The van der Waals surface area contributed by atoms with Crippen LogP contribution < -0.4 is 8.92 Å². The van der Waals surface area contributed by atoms with Gasteiger partial charge in [-0.05, 0) is 83.9 Å². The summed E-state index contributed by atoms with van der Waals surface area (Å²) in [6, 6.07) is 9.42. The van der Waals surface area contributed by atoms with Crippen LogP contribution >= 0.6 is 27.7 Å². The van der Waals surface area contributed by atoms with Crippen molar-refractivity contribution in [2.45, 2.75) is 32.1 Å². The summed E-state index contributed by atoms with van der Waals surface area (Å²) >= 11 is 4.63. The summed E-state index contributed by atoms with van der Waals surface area (Å²) in [6.07, 6.45) is 2.15. The van der Waals surface area contributed by atoms with Crippen LogP contribution in [0.3, 0.4) is 0 Å². The van der Waals surface area contributed by atoms with Crippen LogP contribution in [-0.2, 0) is 14.9 Å². The van der Waals surface area contributed by atoms with Crippen molar-refractivity contribution in [1.82, 2.24) is 5.01 Å². The van der Waals surface area contributed by atoms with E-state index in [4.69, 9.17) is 14.3 Å². The van der Waals surface area contributed by atoms with Crippen LogP contribution in [0.1, 0.15) is 31.4 Å². The molecule has 2 aromatic carbocycles. The molecule has 0 atom stereocenters. The molecule has 1 amide bonds. The molecule has 0 fully saturated rings. The average Bonchev–Trinajstić information content (AvgIpc) is 3.23. The minimum atomic E-state index is -4.12. The molecule has 182 valence electrons. The molecule has 0 aromatic heterocycles. The van der Waals surface area contributed by atoms with Crippen LogP contribution in [0.15, 0.2) is 61.4 Å². The molecule has 0 unspecified atom stereocenters. The van der Waals surface area contributed by atoms with Gasteiger partial charge in [-0.2, -0.15) is 23.5 Å². The predicted molar refractivity (Wildman–Crippen MR) is 140 cm³/mol. The van der Waals surface area contributed by atoms with E-state index in [0.717, 1.165) is 10.6 Å². The van der Waals surface area contributed by atoms with Crippen LogP contribution in [0.5, 0.6) is 11.5 Å². The van der Waals surface area contributed by atoms with Crippen molar-refractivity contribution in [3.63, 3.8) is 0 Å². The van der Waals surface area contributed by atoms with Crippen molar-refractivity contribution in [2.75, 3.05) is 6.61 Å². The number of nitrogens with one attached hydrogen (secondary N) is 1. The molecule has 0 bridgehead atoms. The maximum absolute atomic E-state index is 12.8. The van der Waals surface area contributed by atoms with Gasteiger partial charge in [-0.15, -0.1) is 0 Å². The van der Waals surface area contributed by atoms with Crippen LogP contribution in [0.25, 0.3) is 6.08 Å². The highest BCUT2D eigenvalue weighted by molar-refractivity contribution is 9.10. The Balaban J connectivity index is 1.70. The van der Waals surface area contributed by atoms with Gasteiger partial charge in [-0.1, -0.05) is 24.6 Å². The SMILES string of the molecule is CCOc1cc(/C=C2\C(=N)N3N=C(CC)SC3=NC2=O)cc(Br)c1OS(=O)(=O)c1ccc(C)cc1. The van der Waals surface area contributed by atoms with Gasteiger partial charge in [0, 0.05) is 0 Å². The minimum absolute atomic E-state index is 0.00838. The zero-order valence-corrected chi connectivity index (χ0v) is 22.3. The Hall–Kier alpha value is -2.96. The van der Waals surface area contributed by atoms with E-state index in [2.05, 4.69) is 26.0 Å². The molecule has 2 aliphatic rings. The third-order valence-corrected chi connectivity index (χ3v) is 7.82. The van der Waals surface area contributed by atoms with Gasteiger partial charge in [-0.25, -0.2) is 0 Å². The first kappa shape index (κ1) is 25.1. The van der Waals surface area contributed by atoms with Crippen LogP contribution in [-0.4, -0.2) is 42.0 Å². The lowest BCUT2D eigenvalue weighted by atomic mass is 10.1. The van der Waals surface area contributed by atoms with Crippen LogP contribution in [0, 0.1) is 12.3 Å². The van der Waals surface area contributed by atoms with E-state index in [-0.39, 0.29) is 34.4 Å².